The van der Waals surface area contributed by atoms with Crippen molar-refractivity contribution in [3.63, 3.8) is 0 Å². The van der Waals surface area contributed by atoms with Crippen molar-refractivity contribution in [2.75, 3.05) is 18.0 Å². The zero-order chi connectivity index (χ0) is 19.8. The van der Waals surface area contributed by atoms with Crippen LogP contribution in [0.5, 0.6) is 0 Å². The molecule has 0 bridgehead atoms. The summed E-state index contributed by atoms with van der Waals surface area (Å²) >= 11 is 12.5. The summed E-state index contributed by atoms with van der Waals surface area (Å²) in [6, 6.07) is 7.38. The van der Waals surface area contributed by atoms with Crippen molar-refractivity contribution in [1.82, 2.24) is 9.38 Å². The number of benzene rings is 1. The van der Waals surface area contributed by atoms with Crippen LogP contribution in [0.4, 0.5) is 5.82 Å². The summed E-state index contributed by atoms with van der Waals surface area (Å²) < 4.78 is 2.01. The number of carbonyl (C=O) groups is 1. The molecule has 146 valence electrons. The summed E-state index contributed by atoms with van der Waals surface area (Å²) in [6.07, 6.45) is 5.07. The maximum Gasteiger partial charge on any atom is 0.306 e. The van der Waals surface area contributed by atoms with Crippen molar-refractivity contribution in [3.8, 4) is 11.1 Å². The molecule has 3 N–H and O–H groups in total. The Labute approximate surface area is 172 Å². The number of hydrogen-bond donors (Lipinski definition) is 2. The Morgan fingerprint density at radius 2 is 1.96 bits per heavy atom. The Bertz CT molecular complexity index is 1040. The lowest BCUT2D eigenvalue weighted by Gasteiger charge is -2.31. The second-order valence-corrected chi connectivity index (χ2v) is 7.83. The normalized spacial score (nSPS) is 15.3. The van der Waals surface area contributed by atoms with Gasteiger partial charge in [-0.3, -0.25) is 9.20 Å². The van der Waals surface area contributed by atoms with E-state index in [1.165, 1.54) is 0 Å². The van der Waals surface area contributed by atoms with Crippen molar-refractivity contribution < 1.29 is 9.90 Å². The fraction of sp³-hybridized carbons (Fsp3) is 0.300. The Kier molecular flexibility index (Phi) is 5.19. The molecule has 3 heterocycles. The van der Waals surface area contributed by atoms with E-state index in [-0.39, 0.29) is 5.92 Å². The number of carboxylic acids is 1. The van der Waals surface area contributed by atoms with Crippen LogP contribution >= 0.6 is 23.2 Å². The van der Waals surface area contributed by atoms with Gasteiger partial charge in [0.15, 0.2) is 0 Å². The number of aromatic nitrogens is 2. The predicted octanol–water partition coefficient (Wildman–Crippen LogP) is 4.07. The SMILES string of the molecule is NCc1cc2ncc(N3CCC(C(=O)O)CC3)n2cc1-c1ccc(Cl)cc1Cl. The molecule has 3 aromatic rings. The Morgan fingerprint density at radius 1 is 1.21 bits per heavy atom. The highest BCUT2D eigenvalue weighted by Gasteiger charge is 2.26. The van der Waals surface area contributed by atoms with Gasteiger partial charge in [0, 0.05) is 47.0 Å². The maximum absolute atomic E-state index is 11.2. The van der Waals surface area contributed by atoms with E-state index in [0.29, 0.717) is 42.5 Å². The number of rotatable bonds is 4. The van der Waals surface area contributed by atoms with Crippen LogP contribution in [0.2, 0.25) is 10.0 Å². The summed E-state index contributed by atoms with van der Waals surface area (Å²) in [7, 11) is 0. The number of hydrogen-bond acceptors (Lipinski definition) is 4. The van der Waals surface area contributed by atoms with Crippen LogP contribution in [0.3, 0.4) is 0 Å². The first-order valence-electron chi connectivity index (χ1n) is 9.11. The third kappa shape index (κ3) is 3.43. The van der Waals surface area contributed by atoms with Crippen molar-refractivity contribution in [2.24, 2.45) is 11.7 Å². The maximum atomic E-state index is 11.2. The molecule has 6 nitrogen and oxygen atoms in total. The van der Waals surface area contributed by atoms with Crippen molar-refractivity contribution in [1.29, 1.82) is 0 Å². The minimum absolute atomic E-state index is 0.275. The largest absolute Gasteiger partial charge is 0.481 e. The van der Waals surface area contributed by atoms with E-state index < -0.39 is 5.97 Å². The fourth-order valence-electron chi connectivity index (χ4n) is 3.76. The topological polar surface area (TPSA) is 83.9 Å². The van der Waals surface area contributed by atoms with E-state index in [1.807, 2.05) is 28.9 Å². The molecule has 0 amide bonds. The summed E-state index contributed by atoms with van der Waals surface area (Å²) in [5.74, 6) is -0.0542. The standard InChI is InChI=1S/C20H20Cl2N4O2/c21-14-1-2-15(17(22)8-14)16-11-26-18(7-13(16)9-23)24-10-19(26)25-5-3-12(4-6-25)20(27)28/h1-2,7-8,10-12H,3-6,9,23H2,(H,27,28). The van der Waals surface area contributed by atoms with Crippen LogP contribution in [0.15, 0.2) is 36.7 Å². The Balaban J connectivity index is 1.76. The molecule has 1 aliphatic rings. The molecule has 1 aliphatic heterocycles. The molecule has 1 aromatic carbocycles. The van der Waals surface area contributed by atoms with Gasteiger partial charge in [0.2, 0.25) is 0 Å². The fourth-order valence-corrected chi connectivity index (χ4v) is 4.27. The molecule has 0 atom stereocenters. The van der Waals surface area contributed by atoms with Crippen molar-refractivity contribution in [2.45, 2.75) is 19.4 Å². The number of aliphatic carboxylic acids is 1. The number of imidazole rings is 1. The molecule has 0 spiro atoms. The van der Waals surface area contributed by atoms with Gasteiger partial charge in [0.25, 0.3) is 0 Å². The first-order chi connectivity index (χ1) is 13.5. The molecule has 8 heteroatoms. The minimum Gasteiger partial charge on any atom is -0.481 e. The highest BCUT2D eigenvalue weighted by atomic mass is 35.5. The third-order valence-corrected chi connectivity index (χ3v) is 5.87. The van der Waals surface area contributed by atoms with Gasteiger partial charge in [-0.2, -0.15) is 0 Å². The van der Waals surface area contributed by atoms with E-state index in [4.69, 9.17) is 28.9 Å². The van der Waals surface area contributed by atoms with E-state index in [1.54, 1.807) is 12.1 Å². The second-order valence-electron chi connectivity index (χ2n) is 6.98. The molecule has 0 unspecified atom stereocenters. The zero-order valence-corrected chi connectivity index (χ0v) is 16.6. The number of anilines is 1. The number of nitrogens with two attached hydrogens (primary N) is 1. The molecular weight excluding hydrogens is 399 g/mol. The Hall–Kier alpha value is -2.28. The lowest BCUT2D eigenvalue weighted by Crippen LogP contribution is -2.36. The number of fused-ring (bicyclic) bond motifs is 1. The highest BCUT2D eigenvalue weighted by Crippen LogP contribution is 2.34. The van der Waals surface area contributed by atoms with Crippen LogP contribution in [0.1, 0.15) is 18.4 Å². The summed E-state index contributed by atoms with van der Waals surface area (Å²) in [5, 5.41) is 10.4. The van der Waals surface area contributed by atoms with Crippen LogP contribution < -0.4 is 10.6 Å². The van der Waals surface area contributed by atoms with Crippen LogP contribution in [-0.2, 0) is 11.3 Å². The first-order valence-corrected chi connectivity index (χ1v) is 9.86. The van der Waals surface area contributed by atoms with Crippen LogP contribution in [0, 0.1) is 5.92 Å². The van der Waals surface area contributed by atoms with E-state index in [9.17, 15) is 9.90 Å². The van der Waals surface area contributed by atoms with Crippen molar-refractivity contribution in [3.05, 3.63) is 52.3 Å². The molecule has 28 heavy (non-hydrogen) atoms. The predicted molar refractivity (Wildman–Crippen MR) is 111 cm³/mol. The van der Waals surface area contributed by atoms with Gasteiger partial charge in [-0.25, -0.2) is 4.98 Å². The molecule has 1 saturated heterocycles. The van der Waals surface area contributed by atoms with Crippen molar-refractivity contribution >= 4 is 40.6 Å². The van der Waals surface area contributed by atoms with Gasteiger partial charge in [-0.15, -0.1) is 0 Å². The molecular formula is C20H20Cl2N4O2. The molecule has 0 aliphatic carbocycles. The number of pyridine rings is 1. The monoisotopic (exact) mass is 418 g/mol. The van der Waals surface area contributed by atoms with E-state index >= 15 is 0 Å². The van der Waals surface area contributed by atoms with Gasteiger partial charge in [0.05, 0.1) is 12.1 Å². The molecule has 0 radical (unpaired) electrons. The number of halogens is 2. The zero-order valence-electron chi connectivity index (χ0n) is 15.1. The average Bonchev–Trinajstić information content (AvgIpc) is 3.10. The molecule has 0 saturated carbocycles. The summed E-state index contributed by atoms with van der Waals surface area (Å²) in [4.78, 5) is 17.9. The molecule has 1 fully saturated rings. The van der Waals surface area contributed by atoms with Gasteiger partial charge >= 0.3 is 5.97 Å². The number of nitrogens with zero attached hydrogens (tertiary/aromatic N) is 3. The minimum atomic E-state index is -0.718. The second kappa shape index (κ2) is 7.62. The van der Waals surface area contributed by atoms with Gasteiger partial charge in [0.1, 0.15) is 11.5 Å². The third-order valence-electron chi connectivity index (χ3n) is 5.32. The van der Waals surface area contributed by atoms with Crippen LogP contribution in [-0.4, -0.2) is 33.6 Å². The first kappa shape index (κ1) is 19.1. The van der Waals surface area contributed by atoms with E-state index in [0.717, 1.165) is 28.2 Å². The molecule has 4 rings (SSSR count). The van der Waals surface area contributed by atoms with Gasteiger partial charge in [-0.1, -0.05) is 29.3 Å². The Morgan fingerprint density at radius 3 is 2.61 bits per heavy atom. The number of carboxylic acid groups (broad SMARTS) is 1. The van der Waals surface area contributed by atoms with Gasteiger partial charge in [-0.05, 0) is 36.6 Å². The molecule has 2 aromatic heterocycles. The lowest BCUT2D eigenvalue weighted by atomic mass is 9.97. The summed E-state index contributed by atoms with van der Waals surface area (Å²) in [5.41, 5.74) is 9.51. The lowest BCUT2D eigenvalue weighted by molar-refractivity contribution is -0.142. The smallest absolute Gasteiger partial charge is 0.306 e. The quantitative estimate of drug-likeness (QED) is 0.666. The van der Waals surface area contributed by atoms with E-state index in [2.05, 4.69) is 9.88 Å². The van der Waals surface area contributed by atoms with Crippen LogP contribution in [0.25, 0.3) is 16.8 Å². The summed E-state index contributed by atoms with van der Waals surface area (Å²) in [6.45, 7) is 1.72. The average molecular weight is 419 g/mol. The number of piperidine rings is 1. The van der Waals surface area contributed by atoms with Gasteiger partial charge < -0.3 is 15.7 Å². The highest BCUT2D eigenvalue weighted by molar-refractivity contribution is 6.36.